The molecule has 128 valence electrons. The molecule has 0 saturated carbocycles. The molecule has 7 heteroatoms. The van der Waals surface area contributed by atoms with Crippen molar-refractivity contribution in [3.63, 3.8) is 0 Å². The van der Waals surface area contributed by atoms with Crippen molar-refractivity contribution in [3.8, 4) is 0 Å². The fourth-order valence-electron chi connectivity index (χ4n) is 3.41. The summed E-state index contributed by atoms with van der Waals surface area (Å²) in [6.07, 6.45) is 1.79. The van der Waals surface area contributed by atoms with Crippen molar-refractivity contribution >= 4 is 17.5 Å². The number of nitrogens with two attached hydrogens (primary N) is 1. The van der Waals surface area contributed by atoms with Crippen LogP contribution in [-0.2, 0) is 18.4 Å². The first kappa shape index (κ1) is 16.9. The number of benzene rings is 1. The molecule has 0 aliphatic carbocycles. The van der Waals surface area contributed by atoms with E-state index >= 15 is 0 Å². The molecule has 1 aromatic heterocycles. The van der Waals surface area contributed by atoms with Gasteiger partial charge in [-0.1, -0.05) is 23.7 Å². The molecule has 2 N–H and O–H groups in total. The number of likely N-dealkylation sites (tertiary alicyclic amines) is 1. The molecule has 0 unspecified atom stereocenters. The van der Waals surface area contributed by atoms with Gasteiger partial charge in [-0.25, -0.2) is 4.39 Å². The number of hydrogen-bond acceptors (Lipinski definition) is 3. The molecular weight excluding hydrogens is 331 g/mol. The Morgan fingerprint density at radius 3 is 2.83 bits per heavy atom. The van der Waals surface area contributed by atoms with Crippen LogP contribution >= 0.6 is 11.6 Å². The Labute approximate surface area is 145 Å². The number of aromatic nitrogens is 2. The van der Waals surface area contributed by atoms with E-state index in [1.54, 1.807) is 23.0 Å². The van der Waals surface area contributed by atoms with E-state index in [4.69, 9.17) is 17.3 Å². The third kappa shape index (κ3) is 3.03. The van der Waals surface area contributed by atoms with E-state index in [1.165, 1.54) is 6.07 Å². The van der Waals surface area contributed by atoms with Gasteiger partial charge in [0.25, 0.3) is 0 Å². The normalized spacial score (nSPS) is 21.3. The van der Waals surface area contributed by atoms with Gasteiger partial charge in [-0.15, -0.1) is 0 Å². The van der Waals surface area contributed by atoms with Crippen molar-refractivity contribution < 1.29 is 9.18 Å². The van der Waals surface area contributed by atoms with Gasteiger partial charge in [-0.2, -0.15) is 5.10 Å². The van der Waals surface area contributed by atoms with E-state index in [0.717, 1.165) is 11.3 Å². The van der Waals surface area contributed by atoms with Gasteiger partial charge in [0.2, 0.25) is 5.91 Å². The van der Waals surface area contributed by atoms with Crippen LogP contribution in [0, 0.1) is 18.7 Å². The number of hydrogen-bond donors (Lipinski definition) is 1. The summed E-state index contributed by atoms with van der Waals surface area (Å²) in [5, 5.41) is 4.37. The molecular formula is C17H20ClFN4O. The first-order valence-corrected chi connectivity index (χ1v) is 8.19. The zero-order valence-corrected chi connectivity index (χ0v) is 14.4. The second kappa shape index (κ2) is 6.53. The maximum absolute atomic E-state index is 14.1. The Kier molecular flexibility index (Phi) is 4.60. The van der Waals surface area contributed by atoms with Crippen LogP contribution in [0.2, 0.25) is 5.02 Å². The molecule has 1 aliphatic rings. The fraction of sp³-hybridized carbons (Fsp3) is 0.412. The molecule has 1 fully saturated rings. The highest BCUT2D eigenvalue weighted by molar-refractivity contribution is 6.30. The van der Waals surface area contributed by atoms with Gasteiger partial charge in [0, 0.05) is 43.9 Å². The van der Waals surface area contributed by atoms with Crippen molar-refractivity contribution in [1.82, 2.24) is 14.7 Å². The maximum atomic E-state index is 14.1. The largest absolute Gasteiger partial charge is 0.369 e. The number of aryl methyl sites for hydroxylation is 1. The van der Waals surface area contributed by atoms with Crippen molar-refractivity contribution in [1.29, 1.82) is 0 Å². The van der Waals surface area contributed by atoms with E-state index in [0.29, 0.717) is 25.2 Å². The third-order valence-corrected chi connectivity index (χ3v) is 5.15. The maximum Gasteiger partial charge on any atom is 0.222 e. The SMILES string of the molecule is Cc1c([C@H]2CN(Cc3cccc(Cl)c3F)C[C@@H]2C(N)=O)cnn1C. The zero-order chi connectivity index (χ0) is 17.4. The predicted octanol–water partition coefficient (Wildman–Crippen LogP) is 2.22. The Balaban J connectivity index is 1.84. The van der Waals surface area contributed by atoms with Gasteiger partial charge >= 0.3 is 0 Å². The molecule has 24 heavy (non-hydrogen) atoms. The average molecular weight is 351 g/mol. The number of carbonyl (C=O) groups excluding carboxylic acids is 1. The molecule has 5 nitrogen and oxygen atoms in total. The number of halogens is 2. The summed E-state index contributed by atoms with van der Waals surface area (Å²) in [6, 6.07) is 4.96. The minimum atomic E-state index is -0.407. The Bertz CT molecular complexity index is 776. The molecule has 2 atom stereocenters. The van der Waals surface area contributed by atoms with E-state index in [2.05, 4.69) is 5.10 Å². The minimum Gasteiger partial charge on any atom is -0.369 e. The second-order valence-corrected chi connectivity index (χ2v) is 6.74. The molecule has 0 radical (unpaired) electrons. The molecule has 2 aromatic rings. The summed E-state index contributed by atoms with van der Waals surface area (Å²) in [6.45, 7) is 3.50. The minimum absolute atomic E-state index is 0.0292. The van der Waals surface area contributed by atoms with Crippen LogP contribution in [0.15, 0.2) is 24.4 Å². The lowest BCUT2D eigenvalue weighted by atomic mass is 9.89. The van der Waals surface area contributed by atoms with E-state index in [1.807, 2.05) is 18.9 Å². The molecule has 1 saturated heterocycles. The molecule has 1 aromatic carbocycles. The number of rotatable bonds is 4. The summed E-state index contributed by atoms with van der Waals surface area (Å²) in [4.78, 5) is 13.9. The molecule has 3 rings (SSSR count). The smallest absolute Gasteiger partial charge is 0.222 e. The summed E-state index contributed by atoms with van der Waals surface area (Å²) in [7, 11) is 1.87. The van der Waals surface area contributed by atoms with Crippen LogP contribution < -0.4 is 5.73 Å². The van der Waals surface area contributed by atoms with E-state index < -0.39 is 5.82 Å². The number of primary amides is 1. The van der Waals surface area contributed by atoms with Crippen LogP contribution in [0.4, 0.5) is 4.39 Å². The van der Waals surface area contributed by atoms with Crippen molar-refractivity contribution in [3.05, 3.63) is 52.1 Å². The van der Waals surface area contributed by atoms with E-state index in [9.17, 15) is 9.18 Å². The lowest BCUT2D eigenvalue weighted by Crippen LogP contribution is -2.29. The number of amides is 1. The van der Waals surface area contributed by atoms with E-state index in [-0.39, 0.29) is 22.8 Å². The lowest BCUT2D eigenvalue weighted by Gasteiger charge is -2.16. The monoisotopic (exact) mass is 350 g/mol. The topological polar surface area (TPSA) is 64.2 Å². The molecule has 1 amide bonds. The fourth-order valence-corrected chi connectivity index (χ4v) is 3.60. The van der Waals surface area contributed by atoms with Crippen molar-refractivity contribution in [2.24, 2.45) is 18.7 Å². The highest BCUT2D eigenvalue weighted by atomic mass is 35.5. The van der Waals surface area contributed by atoms with Crippen LogP contribution in [0.5, 0.6) is 0 Å². The van der Waals surface area contributed by atoms with Crippen molar-refractivity contribution in [2.75, 3.05) is 13.1 Å². The van der Waals surface area contributed by atoms with Gasteiger partial charge < -0.3 is 5.73 Å². The molecule has 2 heterocycles. The summed E-state index contributed by atoms with van der Waals surface area (Å²) in [5.74, 6) is -1.08. The quantitative estimate of drug-likeness (QED) is 0.919. The average Bonchev–Trinajstić information content (AvgIpc) is 3.09. The first-order chi connectivity index (χ1) is 11.4. The summed E-state index contributed by atoms with van der Waals surface area (Å²) < 4.78 is 15.9. The highest BCUT2D eigenvalue weighted by Crippen LogP contribution is 2.35. The van der Waals surface area contributed by atoms with Crippen LogP contribution in [0.1, 0.15) is 22.7 Å². The van der Waals surface area contributed by atoms with Crippen LogP contribution in [-0.4, -0.2) is 33.7 Å². The first-order valence-electron chi connectivity index (χ1n) is 7.81. The Hall–Kier alpha value is -1.92. The van der Waals surface area contributed by atoms with Crippen LogP contribution in [0.25, 0.3) is 0 Å². The van der Waals surface area contributed by atoms with Gasteiger partial charge in [-0.05, 0) is 18.6 Å². The van der Waals surface area contributed by atoms with Gasteiger partial charge in [0.05, 0.1) is 17.1 Å². The summed E-state index contributed by atoms with van der Waals surface area (Å²) >= 11 is 5.85. The number of nitrogens with zero attached hydrogens (tertiary/aromatic N) is 3. The molecule has 0 bridgehead atoms. The van der Waals surface area contributed by atoms with Crippen LogP contribution in [0.3, 0.4) is 0 Å². The highest BCUT2D eigenvalue weighted by Gasteiger charge is 2.39. The third-order valence-electron chi connectivity index (χ3n) is 4.86. The predicted molar refractivity (Wildman–Crippen MR) is 90.1 cm³/mol. The molecule has 1 aliphatic heterocycles. The Morgan fingerprint density at radius 1 is 1.46 bits per heavy atom. The standard InChI is InChI=1S/C17H20ClFN4O/c1-10-12(6-21-22(10)2)13-8-23(9-14(13)17(20)24)7-11-4-3-5-15(18)16(11)19/h3-6,13-14H,7-9H2,1-2H3,(H2,20,24)/t13-,14+/m1/s1. The van der Waals surface area contributed by atoms with Gasteiger partial charge in [0.15, 0.2) is 0 Å². The summed E-state index contributed by atoms with van der Waals surface area (Å²) in [5.41, 5.74) is 8.17. The van der Waals surface area contributed by atoms with Crippen molar-refractivity contribution in [2.45, 2.75) is 19.4 Å². The Morgan fingerprint density at radius 2 is 2.21 bits per heavy atom. The second-order valence-electron chi connectivity index (χ2n) is 6.33. The molecule has 0 spiro atoms. The van der Waals surface area contributed by atoms with Gasteiger partial charge in [0.1, 0.15) is 5.82 Å². The zero-order valence-electron chi connectivity index (χ0n) is 13.7. The number of carbonyl (C=O) groups is 1. The lowest BCUT2D eigenvalue weighted by molar-refractivity contribution is -0.121. The van der Waals surface area contributed by atoms with Gasteiger partial charge in [-0.3, -0.25) is 14.4 Å².